The smallest absolute Gasteiger partial charge is 0.306 e. The van der Waals surface area contributed by atoms with Crippen LogP contribution in [0.15, 0.2) is 17.0 Å². The molecule has 0 radical (unpaired) electrons. The first kappa shape index (κ1) is 17.0. The minimum absolute atomic E-state index is 0.0853. The molecule has 0 spiro atoms. The first-order valence-electron chi connectivity index (χ1n) is 5.84. The molecule has 0 aliphatic carbocycles. The van der Waals surface area contributed by atoms with Crippen LogP contribution in [0.3, 0.4) is 0 Å². The van der Waals surface area contributed by atoms with Crippen LogP contribution in [0.4, 0.5) is 10.1 Å². The van der Waals surface area contributed by atoms with Crippen LogP contribution in [-0.2, 0) is 14.8 Å². The van der Waals surface area contributed by atoms with Crippen molar-refractivity contribution >= 4 is 21.6 Å². The molecule has 116 valence electrons. The summed E-state index contributed by atoms with van der Waals surface area (Å²) in [6.07, 6.45) is -0.0853. The Kier molecular flexibility index (Phi) is 5.33. The van der Waals surface area contributed by atoms with Crippen LogP contribution in [0.1, 0.15) is 12.0 Å². The van der Waals surface area contributed by atoms with Gasteiger partial charge in [0.1, 0.15) is 0 Å². The Morgan fingerprint density at radius 3 is 2.57 bits per heavy atom. The van der Waals surface area contributed by atoms with Crippen molar-refractivity contribution < 1.29 is 22.5 Å². The van der Waals surface area contributed by atoms with Gasteiger partial charge in [0.15, 0.2) is 0 Å². The Balaban J connectivity index is 3.04. The standard InChI is InChI=1S/C11H14FN3O5S/c1-7-5-8(6-9(11(7)12)15(17)18)21(19,20)14-4-3-10(16)13-2/h5-6,14H,3-4H2,1-2H3,(H,13,16). The third kappa shape index (κ3) is 4.20. The Labute approximate surface area is 120 Å². The van der Waals surface area contributed by atoms with Crippen molar-refractivity contribution in [2.24, 2.45) is 0 Å². The number of nitro benzene ring substituents is 1. The van der Waals surface area contributed by atoms with E-state index in [4.69, 9.17) is 0 Å². The van der Waals surface area contributed by atoms with Gasteiger partial charge in [-0.2, -0.15) is 4.39 Å². The summed E-state index contributed by atoms with van der Waals surface area (Å²) in [5.74, 6) is -1.44. The number of carbonyl (C=O) groups excluding carboxylic acids is 1. The molecular weight excluding hydrogens is 305 g/mol. The van der Waals surface area contributed by atoms with Gasteiger partial charge in [-0.25, -0.2) is 13.1 Å². The molecule has 0 aliphatic rings. The minimum Gasteiger partial charge on any atom is -0.359 e. The number of aryl methyl sites for hydroxylation is 1. The molecule has 1 amide bonds. The molecule has 2 N–H and O–H groups in total. The number of carbonyl (C=O) groups is 1. The highest BCUT2D eigenvalue weighted by molar-refractivity contribution is 7.89. The van der Waals surface area contributed by atoms with E-state index in [0.29, 0.717) is 6.07 Å². The summed E-state index contributed by atoms with van der Waals surface area (Å²) in [5.41, 5.74) is -1.07. The zero-order valence-electron chi connectivity index (χ0n) is 11.3. The summed E-state index contributed by atoms with van der Waals surface area (Å²) in [4.78, 5) is 20.3. The minimum atomic E-state index is -4.06. The average Bonchev–Trinajstić information content (AvgIpc) is 2.40. The molecule has 8 nitrogen and oxygen atoms in total. The van der Waals surface area contributed by atoms with Crippen molar-refractivity contribution in [1.29, 1.82) is 0 Å². The fourth-order valence-corrected chi connectivity index (χ4v) is 2.65. The van der Waals surface area contributed by atoms with Gasteiger partial charge in [0.25, 0.3) is 0 Å². The van der Waals surface area contributed by atoms with Crippen LogP contribution in [-0.4, -0.2) is 32.8 Å². The lowest BCUT2D eigenvalue weighted by Crippen LogP contribution is -2.29. The summed E-state index contributed by atoms with van der Waals surface area (Å²) in [5, 5.41) is 13.0. The van der Waals surface area contributed by atoms with Crippen LogP contribution in [0.5, 0.6) is 0 Å². The number of nitro groups is 1. The molecule has 0 heterocycles. The molecule has 0 atom stereocenters. The largest absolute Gasteiger partial charge is 0.359 e. The van der Waals surface area contributed by atoms with E-state index in [-0.39, 0.29) is 24.4 Å². The average molecular weight is 319 g/mol. The molecule has 0 unspecified atom stereocenters. The second-order valence-electron chi connectivity index (χ2n) is 4.15. The number of hydrogen-bond acceptors (Lipinski definition) is 5. The number of amides is 1. The zero-order valence-corrected chi connectivity index (χ0v) is 12.2. The monoisotopic (exact) mass is 319 g/mol. The zero-order chi connectivity index (χ0) is 16.2. The van der Waals surface area contributed by atoms with Gasteiger partial charge in [0, 0.05) is 26.1 Å². The van der Waals surface area contributed by atoms with Gasteiger partial charge in [-0.3, -0.25) is 14.9 Å². The lowest BCUT2D eigenvalue weighted by molar-refractivity contribution is -0.387. The molecule has 0 aliphatic heterocycles. The first-order chi connectivity index (χ1) is 9.69. The van der Waals surface area contributed by atoms with Gasteiger partial charge in [0.2, 0.25) is 21.7 Å². The third-order valence-electron chi connectivity index (χ3n) is 2.64. The van der Waals surface area contributed by atoms with Gasteiger partial charge in [0.05, 0.1) is 9.82 Å². The van der Waals surface area contributed by atoms with Crippen molar-refractivity contribution in [3.05, 3.63) is 33.6 Å². The quantitative estimate of drug-likeness (QED) is 0.583. The maximum atomic E-state index is 13.5. The molecule has 0 aromatic heterocycles. The molecule has 1 aromatic carbocycles. The lowest BCUT2D eigenvalue weighted by Gasteiger charge is -2.08. The van der Waals surface area contributed by atoms with Crippen molar-refractivity contribution in [2.75, 3.05) is 13.6 Å². The van der Waals surface area contributed by atoms with E-state index in [2.05, 4.69) is 10.0 Å². The second kappa shape index (κ2) is 6.59. The van der Waals surface area contributed by atoms with Gasteiger partial charge < -0.3 is 5.32 Å². The SMILES string of the molecule is CNC(=O)CCNS(=O)(=O)c1cc(C)c(F)c([N+](=O)[O-])c1. The molecule has 0 bridgehead atoms. The summed E-state index contributed by atoms with van der Waals surface area (Å²) < 4.78 is 39.5. The van der Waals surface area contributed by atoms with Crippen molar-refractivity contribution in [2.45, 2.75) is 18.2 Å². The number of sulfonamides is 1. The fourth-order valence-electron chi connectivity index (χ4n) is 1.51. The number of halogens is 1. The van der Waals surface area contributed by atoms with Crippen molar-refractivity contribution in [3.8, 4) is 0 Å². The Morgan fingerprint density at radius 1 is 1.43 bits per heavy atom. The Bertz CT molecular complexity index is 675. The number of rotatable bonds is 6. The predicted molar refractivity (Wildman–Crippen MR) is 71.7 cm³/mol. The van der Waals surface area contributed by atoms with E-state index in [1.165, 1.54) is 14.0 Å². The van der Waals surface area contributed by atoms with E-state index >= 15 is 0 Å². The molecule has 1 aromatic rings. The Morgan fingerprint density at radius 2 is 2.05 bits per heavy atom. The van der Waals surface area contributed by atoms with E-state index in [1.807, 2.05) is 0 Å². The third-order valence-corrected chi connectivity index (χ3v) is 4.08. The van der Waals surface area contributed by atoms with E-state index in [9.17, 15) is 27.7 Å². The van der Waals surface area contributed by atoms with E-state index in [1.54, 1.807) is 0 Å². The van der Waals surface area contributed by atoms with Crippen LogP contribution in [0.25, 0.3) is 0 Å². The van der Waals surface area contributed by atoms with Crippen LogP contribution in [0, 0.1) is 22.9 Å². The highest BCUT2D eigenvalue weighted by Crippen LogP contribution is 2.24. The van der Waals surface area contributed by atoms with Crippen LogP contribution in [0.2, 0.25) is 0 Å². The number of hydrogen-bond donors (Lipinski definition) is 2. The molecule has 10 heteroatoms. The predicted octanol–water partition coefficient (Wildman–Crippen LogP) is 0.457. The second-order valence-corrected chi connectivity index (χ2v) is 5.92. The van der Waals surface area contributed by atoms with Gasteiger partial charge >= 0.3 is 5.69 Å². The molecular formula is C11H14FN3O5S. The Hall–Kier alpha value is -2.07. The van der Waals surface area contributed by atoms with Crippen molar-refractivity contribution in [3.63, 3.8) is 0 Å². The topological polar surface area (TPSA) is 118 Å². The summed E-state index contributed by atoms with van der Waals surface area (Å²) in [6, 6.07) is 1.63. The van der Waals surface area contributed by atoms with Crippen LogP contribution < -0.4 is 10.0 Å². The number of nitrogens with zero attached hydrogens (tertiary/aromatic N) is 1. The maximum Gasteiger partial charge on any atom is 0.306 e. The normalized spacial score (nSPS) is 11.2. The molecule has 1 rings (SSSR count). The fraction of sp³-hybridized carbons (Fsp3) is 0.364. The van der Waals surface area contributed by atoms with Gasteiger partial charge in [-0.15, -0.1) is 0 Å². The first-order valence-corrected chi connectivity index (χ1v) is 7.32. The highest BCUT2D eigenvalue weighted by atomic mass is 32.2. The number of nitrogens with one attached hydrogen (secondary N) is 2. The van der Waals surface area contributed by atoms with E-state index < -0.39 is 31.3 Å². The van der Waals surface area contributed by atoms with Gasteiger partial charge in [-0.1, -0.05) is 0 Å². The lowest BCUT2D eigenvalue weighted by atomic mass is 10.2. The number of benzene rings is 1. The highest BCUT2D eigenvalue weighted by Gasteiger charge is 2.23. The van der Waals surface area contributed by atoms with Crippen LogP contribution >= 0.6 is 0 Å². The van der Waals surface area contributed by atoms with Crippen molar-refractivity contribution in [1.82, 2.24) is 10.0 Å². The van der Waals surface area contributed by atoms with Gasteiger partial charge in [-0.05, 0) is 18.6 Å². The summed E-state index contributed by atoms with van der Waals surface area (Å²) in [7, 11) is -2.65. The molecule has 0 saturated carbocycles. The maximum absolute atomic E-state index is 13.5. The molecule has 0 saturated heterocycles. The molecule has 0 fully saturated rings. The molecule has 21 heavy (non-hydrogen) atoms. The summed E-state index contributed by atoms with van der Waals surface area (Å²) in [6.45, 7) is 1.05. The summed E-state index contributed by atoms with van der Waals surface area (Å²) >= 11 is 0. The van der Waals surface area contributed by atoms with E-state index in [0.717, 1.165) is 6.07 Å².